The summed E-state index contributed by atoms with van der Waals surface area (Å²) in [6, 6.07) is 19.8. The summed E-state index contributed by atoms with van der Waals surface area (Å²) in [5.41, 5.74) is 0.434. The first-order valence-electron chi connectivity index (χ1n) is 11.7. The van der Waals surface area contributed by atoms with Crippen molar-refractivity contribution in [1.29, 1.82) is 0 Å². The highest BCUT2D eigenvalue weighted by Crippen LogP contribution is 2.37. The number of para-hydroxylation sites is 1. The molecule has 10 nitrogen and oxygen atoms in total. The molecule has 0 saturated carbocycles. The summed E-state index contributed by atoms with van der Waals surface area (Å²) in [5.74, 6) is -2.32. The molecule has 200 valence electrons. The number of rotatable bonds is 7. The SMILES string of the molecule is CC(=O)N(c1ccccc1)C(C)C(=O)Oc1cc(C(=O)Nc2ccc(S(=O)(=O)[O-])cc2)c(O)c2ccccc12. The Morgan fingerprint density at radius 1 is 0.923 bits per heavy atom. The number of esters is 1. The number of hydrogen-bond donors (Lipinski definition) is 2. The van der Waals surface area contributed by atoms with Gasteiger partial charge in [-0.2, -0.15) is 0 Å². The minimum absolute atomic E-state index is 0.0187. The van der Waals surface area contributed by atoms with Crippen LogP contribution in [0.1, 0.15) is 24.2 Å². The minimum Gasteiger partial charge on any atom is -0.744 e. The van der Waals surface area contributed by atoms with Gasteiger partial charge in [0.25, 0.3) is 5.91 Å². The van der Waals surface area contributed by atoms with Crippen molar-refractivity contribution in [2.45, 2.75) is 24.8 Å². The summed E-state index contributed by atoms with van der Waals surface area (Å²) >= 11 is 0. The predicted octanol–water partition coefficient (Wildman–Crippen LogP) is 4.05. The van der Waals surface area contributed by atoms with E-state index in [1.54, 1.807) is 54.6 Å². The lowest BCUT2D eigenvalue weighted by Gasteiger charge is -2.27. The van der Waals surface area contributed by atoms with Gasteiger partial charge in [-0.25, -0.2) is 13.2 Å². The second kappa shape index (κ2) is 10.9. The zero-order valence-corrected chi connectivity index (χ0v) is 21.6. The maximum Gasteiger partial charge on any atom is 0.334 e. The molecule has 0 aliphatic heterocycles. The number of amides is 2. The molecular formula is C28H23N2O8S-. The number of nitrogens with zero attached hydrogens (tertiary/aromatic N) is 1. The van der Waals surface area contributed by atoms with Crippen LogP contribution in [0.25, 0.3) is 10.8 Å². The molecule has 0 saturated heterocycles. The number of anilines is 2. The average molecular weight is 548 g/mol. The maximum absolute atomic E-state index is 13.2. The fraction of sp³-hybridized carbons (Fsp3) is 0.107. The lowest BCUT2D eigenvalue weighted by atomic mass is 10.0. The Hall–Kier alpha value is -4.74. The molecule has 2 N–H and O–H groups in total. The molecule has 2 amide bonds. The van der Waals surface area contributed by atoms with Crippen molar-refractivity contribution in [3.8, 4) is 11.5 Å². The summed E-state index contributed by atoms with van der Waals surface area (Å²) in [6.07, 6.45) is 0. The third kappa shape index (κ3) is 5.89. The van der Waals surface area contributed by atoms with Crippen LogP contribution in [0.5, 0.6) is 11.5 Å². The van der Waals surface area contributed by atoms with E-state index in [0.29, 0.717) is 11.1 Å². The monoisotopic (exact) mass is 547 g/mol. The number of phenols is 1. The lowest BCUT2D eigenvalue weighted by Crippen LogP contribution is -2.44. The second-order valence-electron chi connectivity index (χ2n) is 8.57. The van der Waals surface area contributed by atoms with E-state index < -0.39 is 32.9 Å². The van der Waals surface area contributed by atoms with Crippen molar-refractivity contribution in [2.75, 3.05) is 10.2 Å². The molecule has 1 unspecified atom stereocenters. The van der Waals surface area contributed by atoms with Gasteiger partial charge in [0.1, 0.15) is 27.7 Å². The van der Waals surface area contributed by atoms with E-state index in [2.05, 4.69) is 5.32 Å². The number of benzene rings is 4. The van der Waals surface area contributed by atoms with Crippen LogP contribution in [0.3, 0.4) is 0 Å². The van der Waals surface area contributed by atoms with Gasteiger partial charge in [-0.3, -0.25) is 14.5 Å². The molecule has 0 radical (unpaired) electrons. The van der Waals surface area contributed by atoms with E-state index in [1.165, 1.54) is 36.9 Å². The molecule has 11 heteroatoms. The first kappa shape index (κ1) is 27.3. The molecule has 0 aromatic heterocycles. The van der Waals surface area contributed by atoms with Crippen molar-refractivity contribution < 1.29 is 37.2 Å². The highest BCUT2D eigenvalue weighted by atomic mass is 32.2. The van der Waals surface area contributed by atoms with Crippen LogP contribution in [0.15, 0.2) is 89.8 Å². The van der Waals surface area contributed by atoms with Crippen molar-refractivity contribution in [2.24, 2.45) is 0 Å². The van der Waals surface area contributed by atoms with Crippen molar-refractivity contribution >= 4 is 50.0 Å². The topological polar surface area (TPSA) is 153 Å². The van der Waals surface area contributed by atoms with Crippen LogP contribution in [0.4, 0.5) is 11.4 Å². The van der Waals surface area contributed by atoms with Gasteiger partial charge in [0.05, 0.1) is 10.5 Å². The van der Waals surface area contributed by atoms with E-state index in [-0.39, 0.29) is 34.0 Å². The number of nitrogens with one attached hydrogen (secondary N) is 1. The summed E-state index contributed by atoms with van der Waals surface area (Å²) < 4.78 is 39.1. The zero-order valence-electron chi connectivity index (χ0n) is 20.8. The third-order valence-electron chi connectivity index (χ3n) is 5.94. The maximum atomic E-state index is 13.2. The van der Waals surface area contributed by atoms with Crippen LogP contribution in [0, 0.1) is 0 Å². The Morgan fingerprint density at radius 3 is 2.10 bits per heavy atom. The van der Waals surface area contributed by atoms with Crippen molar-refractivity contribution in [3.63, 3.8) is 0 Å². The molecule has 1 atom stereocenters. The first-order chi connectivity index (χ1) is 18.5. The fourth-order valence-corrected chi connectivity index (χ4v) is 4.52. The zero-order chi connectivity index (χ0) is 28.3. The minimum atomic E-state index is -4.66. The van der Waals surface area contributed by atoms with E-state index in [1.807, 2.05) is 0 Å². The largest absolute Gasteiger partial charge is 0.744 e. The normalized spacial score (nSPS) is 12.0. The van der Waals surface area contributed by atoms with Gasteiger partial charge >= 0.3 is 5.97 Å². The predicted molar refractivity (Wildman–Crippen MR) is 143 cm³/mol. The molecular weight excluding hydrogens is 524 g/mol. The van der Waals surface area contributed by atoms with Crippen LogP contribution in [-0.4, -0.2) is 41.9 Å². The van der Waals surface area contributed by atoms with Gasteiger partial charge in [0.15, 0.2) is 0 Å². The molecule has 0 fully saturated rings. The molecule has 0 aliphatic rings. The van der Waals surface area contributed by atoms with Gasteiger partial charge in [0, 0.05) is 29.1 Å². The van der Waals surface area contributed by atoms with E-state index in [0.717, 1.165) is 12.1 Å². The van der Waals surface area contributed by atoms with Crippen LogP contribution < -0.4 is 15.0 Å². The summed E-state index contributed by atoms with van der Waals surface area (Å²) in [6.45, 7) is 2.84. The number of phenolic OH excluding ortho intramolecular Hbond substituents is 1. The molecule has 0 heterocycles. The standard InChI is InChI=1S/C28H24N2O8S/c1-17(30(18(2)31)20-8-4-3-5-9-20)28(34)38-25-16-24(26(32)23-11-7-6-10-22(23)25)27(33)29-19-12-14-21(15-13-19)39(35,36)37/h3-17,32H,1-2H3,(H,29,33)(H,35,36,37)/p-1. The number of ether oxygens (including phenoxy) is 1. The average Bonchev–Trinajstić information content (AvgIpc) is 2.90. The number of carbonyl (C=O) groups excluding carboxylic acids is 3. The molecule has 0 aliphatic carbocycles. The van der Waals surface area contributed by atoms with E-state index >= 15 is 0 Å². The second-order valence-corrected chi connectivity index (χ2v) is 9.95. The molecule has 4 aromatic carbocycles. The summed E-state index contributed by atoms with van der Waals surface area (Å²) in [5, 5.41) is 14.0. The Bertz CT molecular complexity index is 1670. The van der Waals surface area contributed by atoms with Gasteiger partial charge in [-0.1, -0.05) is 42.5 Å². The summed E-state index contributed by atoms with van der Waals surface area (Å²) in [4.78, 5) is 39.5. The molecule has 0 bridgehead atoms. The van der Waals surface area contributed by atoms with Crippen molar-refractivity contribution in [1.82, 2.24) is 0 Å². The Balaban J connectivity index is 1.67. The number of fused-ring (bicyclic) bond motifs is 1. The smallest absolute Gasteiger partial charge is 0.334 e. The number of carbonyl (C=O) groups is 3. The molecule has 39 heavy (non-hydrogen) atoms. The van der Waals surface area contributed by atoms with E-state index in [4.69, 9.17) is 4.74 Å². The van der Waals surface area contributed by atoms with Crippen LogP contribution in [-0.2, 0) is 19.7 Å². The highest BCUT2D eigenvalue weighted by Gasteiger charge is 2.28. The fourth-order valence-electron chi connectivity index (χ4n) is 4.05. The summed E-state index contributed by atoms with van der Waals surface area (Å²) in [7, 11) is -4.66. The van der Waals surface area contributed by atoms with E-state index in [9.17, 15) is 32.5 Å². The van der Waals surface area contributed by atoms with Crippen molar-refractivity contribution in [3.05, 3.63) is 90.5 Å². The lowest BCUT2D eigenvalue weighted by molar-refractivity contribution is -0.136. The first-order valence-corrected chi connectivity index (χ1v) is 13.1. The molecule has 0 spiro atoms. The third-order valence-corrected chi connectivity index (χ3v) is 6.79. The Labute approximate surface area is 224 Å². The van der Waals surface area contributed by atoms with Gasteiger partial charge in [0.2, 0.25) is 5.91 Å². The Kier molecular flexibility index (Phi) is 7.65. The quantitative estimate of drug-likeness (QED) is 0.200. The number of aromatic hydroxyl groups is 1. The molecule has 4 aromatic rings. The molecule has 4 rings (SSSR count). The Morgan fingerprint density at radius 2 is 1.51 bits per heavy atom. The van der Waals surface area contributed by atoms with Crippen LogP contribution >= 0.6 is 0 Å². The van der Waals surface area contributed by atoms with Gasteiger partial charge in [-0.05, 0) is 49.4 Å². The van der Waals surface area contributed by atoms with Gasteiger partial charge in [-0.15, -0.1) is 0 Å². The highest BCUT2D eigenvalue weighted by molar-refractivity contribution is 7.85. The van der Waals surface area contributed by atoms with Gasteiger partial charge < -0.3 is 19.7 Å². The number of hydrogen-bond acceptors (Lipinski definition) is 8. The van der Waals surface area contributed by atoms with Crippen LogP contribution in [0.2, 0.25) is 0 Å².